The summed E-state index contributed by atoms with van der Waals surface area (Å²) in [6.07, 6.45) is 5.99. The Hall–Kier alpha value is -0.610. The predicted octanol–water partition coefficient (Wildman–Crippen LogP) is 1.56. The van der Waals surface area contributed by atoms with Gasteiger partial charge in [0.15, 0.2) is 0 Å². The van der Waals surface area contributed by atoms with Crippen molar-refractivity contribution in [3.05, 3.63) is 0 Å². The molecule has 4 nitrogen and oxygen atoms in total. The summed E-state index contributed by atoms with van der Waals surface area (Å²) in [5.74, 6) is -0.167. The first-order valence-corrected chi connectivity index (χ1v) is 7.00. The molecule has 0 radical (unpaired) electrons. The molecule has 0 aromatic carbocycles. The Morgan fingerprint density at radius 3 is 2.22 bits per heavy atom. The minimum absolute atomic E-state index is 0.167. The number of amides is 1. The fourth-order valence-corrected chi connectivity index (χ4v) is 2.32. The Kier molecular flexibility index (Phi) is 5.17. The van der Waals surface area contributed by atoms with E-state index in [9.17, 15) is 9.90 Å². The van der Waals surface area contributed by atoms with Gasteiger partial charge in [-0.1, -0.05) is 46.5 Å². The molecule has 0 aromatic heterocycles. The molecule has 0 saturated heterocycles. The van der Waals surface area contributed by atoms with E-state index in [2.05, 4.69) is 5.32 Å². The first kappa shape index (κ1) is 15.4. The van der Waals surface area contributed by atoms with Gasteiger partial charge in [0.2, 0.25) is 5.91 Å². The van der Waals surface area contributed by atoms with Crippen LogP contribution in [-0.2, 0) is 4.79 Å². The lowest BCUT2D eigenvalue weighted by Gasteiger charge is -2.30. The average molecular weight is 256 g/mol. The monoisotopic (exact) mass is 256 g/mol. The fourth-order valence-electron chi connectivity index (χ4n) is 2.32. The maximum Gasteiger partial charge on any atom is 0.237 e. The smallest absolute Gasteiger partial charge is 0.237 e. The first-order valence-electron chi connectivity index (χ1n) is 7.00. The van der Waals surface area contributed by atoms with Crippen LogP contribution in [0.5, 0.6) is 0 Å². The van der Waals surface area contributed by atoms with Crippen molar-refractivity contribution in [3.8, 4) is 0 Å². The van der Waals surface area contributed by atoms with Crippen LogP contribution < -0.4 is 11.1 Å². The van der Waals surface area contributed by atoms with Crippen LogP contribution in [0.3, 0.4) is 0 Å². The molecule has 0 heterocycles. The van der Waals surface area contributed by atoms with E-state index in [0.717, 1.165) is 25.7 Å². The molecule has 1 aliphatic carbocycles. The maximum absolute atomic E-state index is 11.9. The Bertz CT molecular complexity index is 276. The lowest BCUT2D eigenvalue weighted by Crippen LogP contribution is -2.52. The van der Waals surface area contributed by atoms with Gasteiger partial charge < -0.3 is 16.2 Å². The zero-order valence-electron chi connectivity index (χ0n) is 12.0. The Balaban J connectivity index is 2.46. The topological polar surface area (TPSA) is 75.4 Å². The van der Waals surface area contributed by atoms with Gasteiger partial charge in [-0.2, -0.15) is 0 Å². The third kappa shape index (κ3) is 4.58. The van der Waals surface area contributed by atoms with Crippen molar-refractivity contribution in [1.29, 1.82) is 0 Å². The SMILES string of the molecule is CC(C)(C)[C@H](N)C(=O)NCC1(O)CCCCCC1. The van der Waals surface area contributed by atoms with Crippen LogP contribution in [0, 0.1) is 5.41 Å². The molecule has 0 bridgehead atoms. The molecule has 1 aliphatic rings. The quantitative estimate of drug-likeness (QED) is 0.671. The molecular formula is C14H28N2O2. The van der Waals surface area contributed by atoms with E-state index in [1.165, 1.54) is 12.8 Å². The molecule has 0 aliphatic heterocycles. The van der Waals surface area contributed by atoms with Gasteiger partial charge in [-0.25, -0.2) is 0 Å². The molecule has 0 unspecified atom stereocenters. The van der Waals surface area contributed by atoms with E-state index in [0.29, 0.717) is 6.54 Å². The van der Waals surface area contributed by atoms with Crippen LogP contribution in [0.1, 0.15) is 59.3 Å². The van der Waals surface area contributed by atoms with Crippen molar-refractivity contribution in [1.82, 2.24) is 5.32 Å². The molecule has 18 heavy (non-hydrogen) atoms. The summed E-state index contributed by atoms with van der Waals surface area (Å²) < 4.78 is 0. The third-order valence-electron chi connectivity index (χ3n) is 3.84. The van der Waals surface area contributed by atoms with E-state index in [1.807, 2.05) is 20.8 Å². The molecular weight excluding hydrogens is 228 g/mol. The van der Waals surface area contributed by atoms with Gasteiger partial charge in [0.25, 0.3) is 0 Å². The Morgan fingerprint density at radius 1 is 1.28 bits per heavy atom. The highest BCUT2D eigenvalue weighted by molar-refractivity contribution is 5.82. The molecule has 1 atom stereocenters. The van der Waals surface area contributed by atoms with Gasteiger partial charge in [0.1, 0.15) is 0 Å². The predicted molar refractivity (Wildman–Crippen MR) is 73.1 cm³/mol. The van der Waals surface area contributed by atoms with Crippen molar-refractivity contribution in [2.45, 2.75) is 70.9 Å². The molecule has 0 spiro atoms. The molecule has 4 heteroatoms. The highest BCUT2D eigenvalue weighted by Crippen LogP contribution is 2.26. The maximum atomic E-state index is 11.9. The number of nitrogens with two attached hydrogens (primary N) is 1. The minimum atomic E-state index is -0.732. The summed E-state index contributed by atoms with van der Waals surface area (Å²) >= 11 is 0. The third-order valence-corrected chi connectivity index (χ3v) is 3.84. The summed E-state index contributed by atoms with van der Waals surface area (Å²) in [4.78, 5) is 11.9. The number of rotatable bonds is 3. The lowest BCUT2D eigenvalue weighted by atomic mass is 9.86. The van der Waals surface area contributed by atoms with Gasteiger partial charge >= 0.3 is 0 Å². The summed E-state index contributed by atoms with van der Waals surface area (Å²) in [5.41, 5.74) is 4.90. The van der Waals surface area contributed by atoms with Crippen LogP contribution >= 0.6 is 0 Å². The molecule has 1 fully saturated rings. The second-order valence-corrected chi connectivity index (χ2v) is 6.70. The van der Waals surface area contributed by atoms with Crippen LogP contribution in [0.25, 0.3) is 0 Å². The lowest BCUT2D eigenvalue weighted by molar-refractivity contribution is -0.125. The summed E-state index contributed by atoms with van der Waals surface area (Å²) in [7, 11) is 0. The zero-order chi connectivity index (χ0) is 13.8. The van der Waals surface area contributed by atoms with E-state index in [4.69, 9.17) is 5.73 Å². The number of hydrogen-bond acceptors (Lipinski definition) is 3. The van der Waals surface area contributed by atoms with Gasteiger partial charge in [0.05, 0.1) is 11.6 Å². The van der Waals surface area contributed by atoms with E-state index in [1.54, 1.807) is 0 Å². The summed E-state index contributed by atoms with van der Waals surface area (Å²) in [6.45, 7) is 6.16. The van der Waals surface area contributed by atoms with E-state index >= 15 is 0 Å². The number of carbonyl (C=O) groups excluding carboxylic acids is 1. The molecule has 1 saturated carbocycles. The average Bonchev–Trinajstić information content (AvgIpc) is 2.49. The number of hydrogen-bond donors (Lipinski definition) is 3. The number of carbonyl (C=O) groups is 1. The van der Waals surface area contributed by atoms with Crippen molar-refractivity contribution >= 4 is 5.91 Å². The van der Waals surface area contributed by atoms with Crippen molar-refractivity contribution in [3.63, 3.8) is 0 Å². The van der Waals surface area contributed by atoms with E-state index in [-0.39, 0.29) is 11.3 Å². The number of nitrogens with one attached hydrogen (secondary N) is 1. The van der Waals surface area contributed by atoms with Gasteiger partial charge in [-0.3, -0.25) is 4.79 Å². The normalized spacial score (nSPS) is 22.1. The van der Waals surface area contributed by atoms with Crippen LogP contribution in [0.2, 0.25) is 0 Å². The van der Waals surface area contributed by atoms with Crippen LogP contribution in [-0.4, -0.2) is 29.2 Å². The fraction of sp³-hybridized carbons (Fsp3) is 0.929. The Morgan fingerprint density at radius 2 is 1.78 bits per heavy atom. The highest BCUT2D eigenvalue weighted by Gasteiger charge is 2.31. The second-order valence-electron chi connectivity index (χ2n) is 6.70. The van der Waals surface area contributed by atoms with E-state index < -0.39 is 11.6 Å². The zero-order valence-corrected chi connectivity index (χ0v) is 12.0. The van der Waals surface area contributed by atoms with Crippen molar-refractivity contribution in [2.75, 3.05) is 6.54 Å². The van der Waals surface area contributed by atoms with Crippen LogP contribution in [0.15, 0.2) is 0 Å². The van der Waals surface area contributed by atoms with Crippen molar-refractivity contribution < 1.29 is 9.90 Å². The van der Waals surface area contributed by atoms with Gasteiger partial charge in [0, 0.05) is 6.54 Å². The van der Waals surface area contributed by atoms with Gasteiger partial charge in [-0.15, -0.1) is 0 Å². The Labute approximate surface area is 110 Å². The molecule has 106 valence electrons. The van der Waals surface area contributed by atoms with Crippen molar-refractivity contribution in [2.24, 2.45) is 11.1 Å². The first-order chi connectivity index (χ1) is 8.25. The standard InChI is InChI=1S/C14H28N2O2/c1-13(2,3)11(15)12(17)16-10-14(18)8-6-4-5-7-9-14/h11,18H,4-10,15H2,1-3H3,(H,16,17)/t11-/m1/s1. The largest absolute Gasteiger partial charge is 0.388 e. The van der Waals surface area contributed by atoms with Crippen LogP contribution in [0.4, 0.5) is 0 Å². The van der Waals surface area contributed by atoms with Gasteiger partial charge in [-0.05, 0) is 18.3 Å². The highest BCUT2D eigenvalue weighted by atomic mass is 16.3. The summed E-state index contributed by atoms with van der Waals surface area (Å²) in [5, 5.41) is 13.2. The second kappa shape index (κ2) is 6.02. The molecule has 1 amide bonds. The molecule has 0 aromatic rings. The number of aliphatic hydroxyl groups is 1. The molecule has 1 rings (SSSR count). The minimum Gasteiger partial charge on any atom is -0.388 e. The summed E-state index contributed by atoms with van der Waals surface area (Å²) in [6, 6.07) is -0.535. The molecule has 4 N–H and O–H groups in total.